The largest absolute Gasteiger partial charge is 0.463 e. The Balaban J connectivity index is 1.86. The highest BCUT2D eigenvalue weighted by Gasteiger charge is 2.54. The molecule has 0 radical (unpaired) electrons. The maximum atomic E-state index is 12.1. The average molecular weight is 657 g/mol. The van der Waals surface area contributed by atoms with Crippen molar-refractivity contribution in [2.24, 2.45) is 0 Å². The molecule has 1 aromatic rings. The van der Waals surface area contributed by atoms with Crippen LogP contribution in [0.15, 0.2) is 30.3 Å². The predicted molar refractivity (Wildman–Crippen MR) is 150 cm³/mol. The van der Waals surface area contributed by atoms with Crippen LogP contribution >= 0.6 is 0 Å². The van der Waals surface area contributed by atoms with E-state index in [9.17, 15) is 29.1 Å². The van der Waals surface area contributed by atoms with Crippen LogP contribution in [0, 0.1) is 0 Å². The number of carbonyl (C=O) groups excluding carboxylic acids is 5. The number of methoxy groups -OCH3 is 1. The third-order valence-electron chi connectivity index (χ3n) is 6.81. The molecule has 2 fully saturated rings. The van der Waals surface area contributed by atoms with Crippen LogP contribution in [0.25, 0.3) is 0 Å². The van der Waals surface area contributed by atoms with E-state index < -0.39 is 104 Å². The van der Waals surface area contributed by atoms with E-state index in [2.05, 4.69) is 0 Å². The molecule has 1 N–H and O–H groups in total. The number of hydrogen-bond acceptors (Lipinski definition) is 16. The van der Waals surface area contributed by atoms with E-state index in [0.717, 1.165) is 33.3 Å². The molecule has 256 valence electrons. The van der Waals surface area contributed by atoms with Gasteiger partial charge in [-0.15, -0.1) is 0 Å². The minimum Gasteiger partial charge on any atom is -0.463 e. The first-order chi connectivity index (χ1) is 21.8. The first-order valence-corrected chi connectivity index (χ1v) is 14.4. The van der Waals surface area contributed by atoms with Crippen LogP contribution in [0.4, 0.5) is 0 Å². The number of ether oxygens (including phenoxy) is 10. The van der Waals surface area contributed by atoms with E-state index in [4.69, 9.17) is 47.4 Å². The molecular formula is C30H40O16. The molecule has 0 amide bonds. The van der Waals surface area contributed by atoms with Gasteiger partial charge in [0.15, 0.2) is 37.0 Å². The molecule has 0 bridgehead atoms. The summed E-state index contributed by atoms with van der Waals surface area (Å²) in [6.45, 7) is 4.74. The van der Waals surface area contributed by atoms with Crippen LogP contribution in [0.3, 0.4) is 0 Å². The normalized spacial score (nSPS) is 30.8. The SMILES string of the molecule is CO[C@H]1O[C@H](CO[C@@H]2O[C@H](COC(C)=O)[C@@H](OC(C)=O)[C@H](OC(C)=O)[C@H]2OC(C)=O)[C@@H](O)[C@H](OC(C)=O)[C@H]1OCc1ccccc1. The van der Waals surface area contributed by atoms with Crippen molar-refractivity contribution in [3.05, 3.63) is 35.9 Å². The third kappa shape index (κ3) is 10.4. The Labute approximate surface area is 265 Å². The van der Waals surface area contributed by atoms with E-state index in [0.29, 0.717) is 0 Å². The van der Waals surface area contributed by atoms with E-state index in [1.807, 2.05) is 30.3 Å². The van der Waals surface area contributed by atoms with Crippen LogP contribution in [0.1, 0.15) is 40.2 Å². The minimum atomic E-state index is -1.53. The summed E-state index contributed by atoms with van der Waals surface area (Å²) in [4.78, 5) is 59.7. The molecule has 16 nitrogen and oxygen atoms in total. The summed E-state index contributed by atoms with van der Waals surface area (Å²) in [5, 5.41) is 11.3. The number of hydrogen-bond donors (Lipinski definition) is 1. The van der Waals surface area contributed by atoms with E-state index in [1.165, 1.54) is 14.0 Å². The molecule has 0 aromatic heterocycles. The molecule has 0 saturated carbocycles. The lowest BCUT2D eigenvalue weighted by molar-refractivity contribution is -0.335. The van der Waals surface area contributed by atoms with Gasteiger partial charge in [0.1, 0.15) is 31.0 Å². The lowest BCUT2D eigenvalue weighted by Crippen LogP contribution is -2.64. The highest BCUT2D eigenvalue weighted by Crippen LogP contribution is 2.32. The zero-order valence-electron chi connectivity index (χ0n) is 26.4. The Bertz CT molecular complexity index is 1190. The standard InChI is InChI=1S/C30H40O16/c1-15(31)38-14-22-24(41-16(2)32)26(43-18(4)34)28(44-19(5)35)30(46-22)40-13-21-23(36)25(42-17(3)33)27(29(37-6)45-21)39-12-20-10-8-7-9-11-20/h7-11,21-30,36H,12-14H2,1-6H3/t21-,22-,23-,24-,25+,26+,27-,28-,29+,30-/m1/s1. The Kier molecular flexibility index (Phi) is 13.8. The maximum Gasteiger partial charge on any atom is 0.303 e. The second-order valence-corrected chi connectivity index (χ2v) is 10.5. The van der Waals surface area contributed by atoms with E-state index in [1.54, 1.807) is 0 Å². The number of benzene rings is 1. The quantitative estimate of drug-likeness (QED) is 0.225. The van der Waals surface area contributed by atoms with Crippen molar-refractivity contribution in [2.75, 3.05) is 20.3 Å². The van der Waals surface area contributed by atoms with Gasteiger partial charge < -0.3 is 52.5 Å². The molecule has 2 aliphatic rings. The van der Waals surface area contributed by atoms with Crippen LogP contribution in [-0.2, 0) is 77.9 Å². The molecule has 0 unspecified atom stereocenters. The number of rotatable bonds is 13. The van der Waals surface area contributed by atoms with Gasteiger partial charge in [-0.1, -0.05) is 30.3 Å². The van der Waals surface area contributed by atoms with Gasteiger partial charge in [-0.3, -0.25) is 24.0 Å². The first kappa shape index (κ1) is 36.8. The summed E-state index contributed by atoms with van der Waals surface area (Å²) in [6.07, 6.45) is -13.3. The molecule has 2 aliphatic heterocycles. The summed E-state index contributed by atoms with van der Waals surface area (Å²) in [6, 6.07) is 9.14. The zero-order chi connectivity index (χ0) is 34.0. The van der Waals surface area contributed by atoms with Gasteiger partial charge in [0.2, 0.25) is 0 Å². The van der Waals surface area contributed by atoms with E-state index in [-0.39, 0.29) is 6.61 Å². The number of carbonyl (C=O) groups is 5. The summed E-state index contributed by atoms with van der Waals surface area (Å²) in [7, 11) is 1.34. The topological polar surface area (TPSA) is 198 Å². The zero-order valence-corrected chi connectivity index (χ0v) is 26.4. The molecular weight excluding hydrogens is 616 g/mol. The van der Waals surface area contributed by atoms with Crippen molar-refractivity contribution >= 4 is 29.8 Å². The maximum absolute atomic E-state index is 12.1. The summed E-state index contributed by atoms with van der Waals surface area (Å²) < 4.78 is 55.9. The van der Waals surface area contributed by atoms with Crippen LogP contribution < -0.4 is 0 Å². The Morgan fingerprint density at radius 3 is 1.74 bits per heavy atom. The molecule has 2 heterocycles. The molecule has 0 aliphatic carbocycles. The molecule has 1 aromatic carbocycles. The monoisotopic (exact) mass is 656 g/mol. The van der Waals surface area contributed by atoms with Crippen LogP contribution in [0.2, 0.25) is 0 Å². The highest BCUT2D eigenvalue weighted by molar-refractivity contribution is 5.69. The first-order valence-electron chi connectivity index (χ1n) is 14.4. The van der Waals surface area contributed by atoms with Crippen molar-refractivity contribution in [3.8, 4) is 0 Å². The predicted octanol–water partition coefficient (Wildman–Crippen LogP) is 0.335. The minimum absolute atomic E-state index is 0.0884. The van der Waals surface area contributed by atoms with Gasteiger partial charge in [-0.25, -0.2) is 0 Å². The fourth-order valence-electron chi connectivity index (χ4n) is 5.00. The fraction of sp³-hybridized carbons (Fsp3) is 0.633. The van der Waals surface area contributed by atoms with Crippen LogP contribution in [0.5, 0.6) is 0 Å². The number of esters is 5. The lowest BCUT2D eigenvalue weighted by atomic mass is 9.97. The Hall–Kier alpha value is -3.67. The molecule has 16 heteroatoms. The molecule has 0 spiro atoms. The van der Waals surface area contributed by atoms with Gasteiger partial charge >= 0.3 is 29.8 Å². The van der Waals surface area contributed by atoms with Crippen molar-refractivity contribution in [3.63, 3.8) is 0 Å². The molecule has 3 rings (SSSR count). The number of aliphatic hydroxyl groups is 1. The summed E-state index contributed by atoms with van der Waals surface area (Å²) >= 11 is 0. The van der Waals surface area contributed by atoms with Gasteiger partial charge in [0.05, 0.1) is 13.2 Å². The highest BCUT2D eigenvalue weighted by atomic mass is 16.8. The van der Waals surface area contributed by atoms with Crippen molar-refractivity contribution in [1.29, 1.82) is 0 Å². The van der Waals surface area contributed by atoms with E-state index >= 15 is 0 Å². The van der Waals surface area contributed by atoms with Gasteiger partial charge in [0, 0.05) is 41.7 Å². The van der Waals surface area contributed by atoms with Crippen molar-refractivity contribution < 1.29 is 76.4 Å². The van der Waals surface area contributed by atoms with Crippen LogP contribution in [-0.4, -0.2) is 117 Å². The third-order valence-corrected chi connectivity index (χ3v) is 6.81. The average Bonchev–Trinajstić information content (AvgIpc) is 2.98. The molecule has 10 atom stereocenters. The van der Waals surface area contributed by atoms with Crippen molar-refractivity contribution in [1.82, 2.24) is 0 Å². The smallest absolute Gasteiger partial charge is 0.303 e. The van der Waals surface area contributed by atoms with Gasteiger partial charge in [-0.05, 0) is 5.56 Å². The molecule has 46 heavy (non-hydrogen) atoms. The Morgan fingerprint density at radius 1 is 0.630 bits per heavy atom. The summed E-state index contributed by atoms with van der Waals surface area (Å²) in [5.74, 6) is -3.80. The van der Waals surface area contributed by atoms with Crippen molar-refractivity contribution in [2.45, 2.75) is 103 Å². The van der Waals surface area contributed by atoms with Gasteiger partial charge in [-0.2, -0.15) is 0 Å². The lowest BCUT2D eigenvalue weighted by Gasteiger charge is -2.45. The second-order valence-electron chi connectivity index (χ2n) is 10.5. The summed E-state index contributed by atoms with van der Waals surface area (Å²) in [5.41, 5.74) is 0.808. The number of aliphatic hydroxyl groups excluding tert-OH is 1. The van der Waals surface area contributed by atoms with Gasteiger partial charge in [0.25, 0.3) is 0 Å². The fourth-order valence-corrected chi connectivity index (χ4v) is 5.00. The second kappa shape index (κ2) is 17.3. The molecule has 2 saturated heterocycles. The Morgan fingerprint density at radius 2 is 1.17 bits per heavy atom.